The normalized spacial score (nSPS) is 27.9. The molecule has 2 aromatic heterocycles. The first-order valence-corrected chi connectivity index (χ1v) is 17.3. The van der Waals surface area contributed by atoms with E-state index < -0.39 is 0 Å². The number of thioether (sulfide) groups is 4. The molecule has 2 aliphatic heterocycles. The summed E-state index contributed by atoms with van der Waals surface area (Å²) in [6.45, 7) is 4.80. The summed E-state index contributed by atoms with van der Waals surface area (Å²) in [5, 5.41) is 4.10. The summed E-state index contributed by atoms with van der Waals surface area (Å²) in [6.07, 6.45) is 13.3. The second-order valence-corrected chi connectivity index (χ2v) is 16.9. The number of hydrogen-bond acceptors (Lipinski definition) is 8. The number of benzene rings is 2. The number of nitrogens with zero attached hydrogens (tertiary/aromatic N) is 4. The van der Waals surface area contributed by atoms with Crippen molar-refractivity contribution in [3.63, 3.8) is 0 Å². The van der Waals surface area contributed by atoms with E-state index in [4.69, 9.17) is 19.9 Å². The van der Waals surface area contributed by atoms with Gasteiger partial charge in [-0.25, -0.2) is 19.9 Å². The van der Waals surface area contributed by atoms with Gasteiger partial charge < -0.3 is 0 Å². The topological polar surface area (TPSA) is 51.6 Å². The maximum absolute atomic E-state index is 5.14. The van der Waals surface area contributed by atoms with E-state index in [2.05, 4.69) is 62.4 Å². The van der Waals surface area contributed by atoms with Gasteiger partial charge in [-0.2, -0.15) is 0 Å². The minimum absolute atomic E-state index is 0.293. The van der Waals surface area contributed by atoms with Crippen LogP contribution in [-0.2, 0) is 0 Å². The first kappa shape index (κ1) is 23.3. The lowest BCUT2D eigenvalue weighted by atomic mass is 9.59. The van der Waals surface area contributed by atoms with Crippen LogP contribution in [0.3, 0.4) is 0 Å². The Labute approximate surface area is 249 Å². The summed E-state index contributed by atoms with van der Waals surface area (Å²) in [5.74, 6) is 2.04. The zero-order chi connectivity index (χ0) is 26.3. The van der Waals surface area contributed by atoms with Crippen LogP contribution in [-0.4, -0.2) is 19.9 Å². The lowest BCUT2D eigenvalue weighted by Gasteiger charge is -2.45. The van der Waals surface area contributed by atoms with Gasteiger partial charge in [0.15, 0.2) is 0 Å². The van der Waals surface area contributed by atoms with Gasteiger partial charge in [0.1, 0.15) is 20.1 Å². The highest BCUT2D eigenvalue weighted by atomic mass is 32.2. The molecule has 12 rings (SSSR count). The Balaban J connectivity index is 1.00. The summed E-state index contributed by atoms with van der Waals surface area (Å²) in [5.41, 5.74) is 10.2. The number of fused-ring (bicyclic) bond motifs is 6. The number of rotatable bonds is 0. The SMILES string of the molecule is CC1(C)CC2C=CC1c1cc3nc4c(nc3cc12)SC(=C1Sc2nc3cc5c(cc3nc2S1)C1C=CC5CC1)S4. The van der Waals surface area contributed by atoms with Crippen LogP contribution in [0.15, 0.2) is 77.1 Å². The standard InChI is InChI=1S/C32H24N4S4/c1-32(2)13-16-7-8-21(32)20-12-25-24(11-19(16)20)35-28-29(36-25)40-31(39-28)30-37-26-27(38-30)34-23-10-18-15-4-3-14(5-6-15)17(18)9-22(23)33-26/h3-4,7-12,14-16,21H,5-6,13H2,1-2H3. The third-order valence-corrected chi connectivity index (χ3v) is 14.8. The molecule has 4 unspecified atom stereocenters. The summed E-state index contributed by atoms with van der Waals surface area (Å²) in [6, 6.07) is 9.27. The molecule has 0 N–H and O–H groups in total. The Bertz CT molecular complexity index is 1890. The van der Waals surface area contributed by atoms with Crippen LogP contribution >= 0.6 is 47.0 Å². The van der Waals surface area contributed by atoms with Gasteiger partial charge in [-0.3, -0.25) is 0 Å². The number of hydrogen-bond donors (Lipinski definition) is 0. The highest BCUT2D eigenvalue weighted by Gasteiger charge is 2.42. The van der Waals surface area contributed by atoms with Gasteiger partial charge in [0.2, 0.25) is 0 Å². The van der Waals surface area contributed by atoms with Crippen molar-refractivity contribution in [2.75, 3.05) is 0 Å². The maximum Gasteiger partial charge on any atom is 0.135 e. The lowest BCUT2D eigenvalue weighted by molar-refractivity contribution is 0.251. The molecule has 40 heavy (non-hydrogen) atoms. The summed E-state index contributed by atoms with van der Waals surface area (Å²) < 4.78 is 2.50. The molecule has 0 saturated carbocycles. The van der Waals surface area contributed by atoms with Crippen molar-refractivity contribution in [3.05, 3.63) is 79.3 Å². The van der Waals surface area contributed by atoms with E-state index >= 15 is 0 Å². The second kappa shape index (κ2) is 7.97. The van der Waals surface area contributed by atoms with Crippen LogP contribution in [0.25, 0.3) is 22.1 Å². The van der Waals surface area contributed by atoms with Crippen molar-refractivity contribution in [3.8, 4) is 0 Å². The zero-order valence-electron chi connectivity index (χ0n) is 22.0. The molecule has 4 aromatic rings. The Morgan fingerprint density at radius 3 is 1.38 bits per heavy atom. The van der Waals surface area contributed by atoms with Crippen LogP contribution in [0.2, 0.25) is 0 Å². The Morgan fingerprint density at radius 1 is 0.550 bits per heavy atom. The van der Waals surface area contributed by atoms with Gasteiger partial charge in [-0.1, -0.05) is 85.2 Å². The fourth-order valence-corrected chi connectivity index (χ4v) is 12.5. The summed E-state index contributed by atoms with van der Waals surface area (Å²) >= 11 is 7.02. The lowest BCUT2D eigenvalue weighted by Crippen LogP contribution is -2.32. The molecule has 196 valence electrons. The average molecular weight is 593 g/mol. The maximum atomic E-state index is 5.14. The molecule has 8 heteroatoms. The van der Waals surface area contributed by atoms with E-state index in [1.807, 2.05) is 0 Å². The molecule has 4 nitrogen and oxygen atoms in total. The van der Waals surface area contributed by atoms with Gasteiger partial charge >= 0.3 is 0 Å². The first-order valence-electron chi connectivity index (χ1n) is 14.0. The van der Waals surface area contributed by atoms with Gasteiger partial charge in [0.25, 0.3) is 0 Å². The summed E-state index contributed by atoms with van der Waals surface area (Å²) in [7, 11) is 0. The molecular formula is C32H24N4S4. The van der Waals surface area contributed by atoms with E-state index in [1.54, 1.807) is 47.0 Å². The van der Waals surface area contributed by atoms with Gasteiger partial charge in [0.05, 0.1) is 30.5 Å². The largest absolute Gasteiger partial charge is 0.237 e. The molecule has 4 heterocycles. The molecule has 0 spiro atoms. The number of allylic oxidation sites excluding steroid dienone is 4. The molecule has 2 aromatic carbocycles. The van der Waals surface area contributed by atoms with E-state index in [-0.39, 0.29) is 0 Å². The quantitative estimate of drug-likeness (QED) is 0.187. The zero-order valence-corrected chi connectivity index (χ0v) is 25.2. The van der Waals surface area contributed by atoms with Crippen molar-refractivity contribution in [1.29, 1.82) is 0 Å². The molecule has 0 amide bonds. The first-order chi connectivity index (χ1) is 19.5. The molecule has 4 atom stereocenters. The van der Waals surface area contributed by atoms with Crippen LogP contribution in [0.5, 0.6) is 0 Å². The fourth-order valence-electron chi connectivity index (χ4n) is 7.61. The van der Waals surface area contributed by atoms with Gasteiger partial charge in [0, 0.05) is 23.7 Å². The smallest absolute Gasteiger partial charge is 0.135 e. The highest BCUT2D eigenvalue weighted by Crippen LogP contribution is 2.61. The van der Waals surface area contributed by atoms with Gasteiger partial charge in [-0.05, 0) is 71.2 Å². The third kappa shape index (κ3) is 3.22. The van der Waals surface area contributed by atoms with E-state index in [0.29, 0.717) is 29.1 Å². The van der Waals surface area contributed by atoms with E-state index in [0.717, 1.165) is 42.2 Å². The van der Waals surface area contributed by atoms with Crippen molar-refractivity contribution < 1.29 is 0 Å². The molecule has 4 bridgehead atoms. The molecule has 0 fully saturated rings. The monoisotopic (exact) mass is 592 g/mol. The van der Waals surface area contributed by atoms with Gasteiger partial charge in [-0.15, -0.1) is 0 Å². The van der Waals surface area contributed by atoms with Crippen LogP contribution in [0.4, 0.5) is 0 Å². The fraction of sp³-hybridized carbons (Fsp3) is 0.312. The third-order valence-electron chi connectivity index (χ3n) is 9.56. The van der Waals surface area contributed by atoms with Crippen molar-refractivity contribution in [2.24, 2.45) is 5.41 Å². The van der Waals surface area contributed by atoms with E-state index in [1.165, 1.54) is 50.0 Å². The highest BCUT2D eigenvalue weighted by molar-refractivity contribution is 8.30. The minimum Gasteiger partial charge on any atom is -0.237 e. The molecule has 6 aliphatic carbocycles. The van der Waals surface area contributed by atoms with Crippen LogP contribution in [0, 0.1) is 5.41 Å². The number of aromatic nitrogens is 4. The predicted octanol–water partition coefficient (Wildman–Crippen LogP) is 9.49. The van der Waals surface area contributed by atoms with Crippen molar-refractivity contribution in [1.82, 2.24) is 19.9 Å². The van der Waals surface area contributed by atoms with Crippen LogP contribution in [0.1, 0.15) is 79.0 Å². The molecule has 0 saturated heterocycles. The molecule has 8 aliphatic rings. The van der Waals surface area contributed by atoms with Crippen molar-refractivity contribution in [2.45, 2.75) is 76.9 Å². The molecule has 0 radical (unpaired) electrons. The summed E-state index contributed by atoms with van der Waals surface area (Å²) in [4.78, 5) is 20.5. The minimum atomic E-state index is 0.293. The predicted molar refractivity (Wildman–Crippen MR) is 166 cm³/mol. The van der Waals surface area contributed by atoms with Crippen molar-refractivity contribution >= 4 is 69.1 Å². The van der Waals surface area contributed by atoms with E-state index in [9.17, 15) is 0 Å². The Hall–Kier alpha value is -2.26. The Kier molecular flexibility index (Phi) is 4.65. The average Bonchev–Trinajstić information content (AvgIpc) is 3.56. The van der Waals surface area contributed by atoms with Crippen LogP contribution < -0.4 is 0 Å². The Morgan fingerprint density at radius 2 is 0.950 bits per heavy atom. The second-order valence-electron chi connectivity index (χ2n) is 12.4. The molecular weight excluding hydrogens is 569 g/mol.